The Labute approximate surface area is 144 Å². The van der Waals surface area contributed by atoms with Gasteiger partial charge >= 0.3 is 0 Å². The molecule has 4 heteroatoms. The minimum absolute atomic E-state index is 0.0398. The Hall–Kier alpha value is -2.78. The van der Waals surface area contributed by atoms with Gasteiger partial charge in [0.2, 0.25) is 0 Å². The average molecular weight is 338 g/mol. The Morgan fingerprint density at radius 1 is 0.958 bits per heavy atom. The Balaban J connectivity index is 1.81. The first kappa shape index (κ1) is 16.1. The van der Waals surface area contributed by atoms with E-state index in [1.165, 1.54) is 18.2 Å². The Morgan fingerprint density at radius 3 is 2.33 bits per heavy atom. The Kier molecular flexibility index (Phi) is 4.82. The van der Waals surface area contributed by atoms with E-state index in [1.807, 2.05) is 0 Å². The van der Waals surface area contributed by atoms with Crippen molar-refractivity contribution in [3.8, 4) is 11.1 Å². The van der Waals surface area contributed by atoms with E-state index in [4.69, 9.17) is 11.6 Å². The summed E-state index contributed by atoms with van der Waals surface area (Å²) in [4.78, 5) is 16.1. The maximum absolute atomic E-state index is 14.3. The average Bonchev–Trinajstić information content (AvgIpc) is 2.61. The molecule has 0 spiro atoms. The van der Waals surface area contributed by atoms with Crippen LogP contribution in [-0.4, -0.2) is 10.8 Å². The zero-order chi connectivity index (χ0) is 16.9. The first-order valence-corrected chi connectivity index (χ1v) is 7.69. The van der Waals surface area contributed by atoms with Gasteiger partial charge in [0.05, 0.1) is 5.56 Å². The lowest BCUT2D eigenvalue weighted by atomic mass is 10.0. The molecule has 0 N–H and O–H groups in total. The maximum atomic E-state index is 14.3. The number of ketones is 1. The highest BCUT2D eigenvalue weighted by atomic mass is 35.5. The van der Waals surface area contributed by atoms with Gasteiger partial charge in [0.25, 0.3) is 0 Å². The first-order chi connectivity index (χ1) is 11.6. The summed E-state index contributed by atoms with van der Waals surface area (Å²) in [5.41, 5.74) is 2.41. The molecule has 24 heavy (non-hydrogen) atoms. The van der Waals surface area contributed by atoms with Gasteiger partial charge in [0.15, 0.2) is 5.78 Å². The van der Waals surface area contributed by atoms with Gasteiger partial charge in [-0.15, -0.1) is 0 Å². The molecule has 1 aromatic heterocycles. The van der Waals surface area contributed by atoms with Crippen LogP contribution in [0.25, 0.3) is 17.2 Å². The summed E-state index contributed by atoms with van der Waals surface area (Å²) < 4.78 is 14.3. The SMILES string of the molecule is O=C(/C=C/c1ccc(Cl)cc1)c1ccc(-c2ccncc2)cc1F. The zero-order valence-electron chi connectivity index (χ0n) is 12.6. The number of nitrogens with zero attached hydrogens (tertiary/aromatic N) is 1. The van der Waals surface area contributed by atoms with Crippen molar-refractivity contribution in [1.29, 1.82) is 0 Å². The van der Waals surface area contributed by atoms with Crippen LogP contribution in [0.5, 0.6) is 0 Å². The van der Waals surface area contributed by atoms with Crippen LogP contribution < -0.4 is 0 Å². The number of carbonyl (C=O) groups is 1. The molecule has 0 unspecified atom stereocenters. The predicted octanol–water partition coefficient (Wildman–Crippen LogP) is 5.44. The second-order valence-corrected chi connectivity index (χ2v) is 5.62. The molecule has 0 saturated carbocycles. The van der Waals surface area contributed by atoms with Crippen molar-refractivity contribution in [2.75, 3.05) is 0 Å². The second kappa shape index (κ2) is 7.20. The molecule has 2 nitrogen and oxygen atoms in total. The molecular weight excluding hydrogens is 325 g/mol. The standard InChI is InChI=1S/C20H13ClFNO/c21-17-5-1-14(2-6-17)3-8-20(24)18-7-4-16(13-19(18)22)15-9-11-23-12-10-15/h1-13H/b8-3+. The summed E-state index contributed by atoms with van der Waals surface area (Å²) >= 11 is 5.81. The molecule has 0 bridgehead atoms. The van der Waals surface area contributed by atoms with Crippen LogP contribution in [0.3, 0.4) is 0 Å². The van der Waals surface area contributed by atoms with Gasteiger partial charge in [0, 0.05) is 17.4 Å². The van der Waals surface area contributed by atoms with Crippen LogP contribution in [0.4, 0.5) is 4.39 Å². The fourth-order valence-electron chi connectivity index (χ4n) is 2.27. The molecule has 0 fully saturated rings. The third-order valence-electron chi connectivity index (χ3n) is 3.55. The zero-order valence-corrected chi connectivity index (χ0v) is 13.4. The third kappa shape index (κ3) is 3.76. The lowest BCUT2D eigenvalue weighted by Gasteiger charge is -2.04. The number of hydrogen-bond acceptors (Lipinski definition) is 2. The minimum Gasteiger partial charge on any atom is -0.289 e. The van der Waals surface area contributed by atoms with Crippen LogP contribution >= 0.6 is 11.6 Å². The highest BCUT2D eigenvalue weighted by Crippen LogP contribution is 2.22. The van der Waals surface area contributed by atoms with E-state index in [0.29, 0.717) is 10.6 Å². The van der Waals surface area contributed by atoms with E-state index in [0.717, 1.165) is 11.1 Å². The number of hydrogen-bond donors (Lipinski definition) is 0. The first-order valence-electron chi connectivity index (χ1n) is 7.31. The van der Waals surface area contributed by atoms with E-state index in [1.54, 1.807) is 60.9 Å². The molecule has 1 heterocycles. The second-order valence-electron chi connectivity index (χ2n) is 5.18. The number of benzene rings is 2. The lowest BCUT2D eigenvalue weighted by molar-refractivity contribution is 0.104. The fraction of sp³-hybridized carbons (Fsp3) is 0. The van der Waals surface area contributed by atoms with Crippen LogP contribution in [0.1, 0.15) is 15.9 Å². The number of rotatable bonds is 4. The number of pyridine rings is 1. The number of carbonyl (C=O) groups excluding carboxylic acids is 1. The van der Waals surface area contributed by atoms with Gasteiger partial charge in [-0.25, -0.2) is 4.39 Å². The van der Waals surface area contributed by atoms with Crippen molar-refractivity contribution in [2.24, 2.45) is 0 Å². The van der Waals surface area contributed by atoms with Crippen molar-refractivity contribution >= 4 is 23.5 Å². The van der Waals surface area contributed by atoms with Crippen LogP contribution in [-0.2, 0) is 0 Å². The maximum Gasteiger partial charge on any atom is 0.188 e. The monoisotopic (exact) mass is 337 g/mol. The van der Waals surface area contributed by atoms with Crippen molar-refractivity contribution in [2.45, 2.75) is 0 Å². The number of allylic oxidation sites excluding steroid dienone is 1. The summed E-state index contributed by atoms with van der Waals surface area (Å²) in [6.07, 6.45) is 6.27. The van der Waals surface area contributed by atoms with E-state index in [2.05, 4.69) is 4.98 Å². The van der Waals surface area contributed by atoms with Gasteiger partial charge < -0.3 is 0 Å². The summed E-state index contributed by atoms with van der Waals surface area (Å²) in [7, 11) is 0. The van der Waals surface area contributed by atoms with Crippen LogP contribution in [0, 0.1) is 5.82 Å². The van der Waals surface area contributed by atoms with E-state index >= 15 is 0 Å². The highest BCUT2D eigenvalue weighted by molar-refractivity contribution is 6.30. The Morgan fingerprint density at radius 2 is 1.67 bits per heavy atom. The van der Waals surface area contributed by atoms with Gasteiger partial charge in [0.1, 0.15) is 5.82 Å². The fourth-order valence-corrected chi connectivity index (χ4v) is 2.40. The van der Waals surface area contributed by atoms with Crippen LogP contribution in [0.2, 0.25) is 5.02 Å². The largest absolute Gasteiger partial charge is 0.289 e. The molecule has 0 aliphatic rings. The minimum atomic E-state index is -0.546. The van der Waals surface area contributed by atoms with E-state index in [9.17, 15) is 9.18 Å². The number of halogens is 2. The molecule has 118 valence electrons. The molecule has 0 atom stereocenters. The number of aromatic nitrogens is 1. The van der Waals surface area contributed by atoms with Crippen LogP contribution in [0.15, 0.2) is 73.1 Å². The van der Waals surface area contributed by atoms with Crippen molar-refractivity contribution in [3.63, 3.8) is 0 Å². The molecule has 0 radical (unpaired) electrons. The quantitative estimate of drug-likeness (QED) is 0.469. The van der Waals surface area contributed by atoms with Gasteiger partial charge in [-0.05, 0) is 59.2 Å². The van der Waals surface area contributed by atoms with Gasteiger partial charge in [-0.1, -0.05) is 35.9 Å². The summed E-state index contributed by atoms with van der Waals surface area (Å²) in [5.74, 6) is -0.932. The topological polar surface area (TPSA) is 30.0 Å². The molecule has 3 rings (SSSR count). The predicted molar refractivity (Wildman–Crippen MR) is 94.4 cm³/mol. The third-order valence-corrected chi connectivity index (χ3v) is 3.80. The van der Waals surface area contributed by atoms with E-state index < -0.39 is 5.82 Å². The highest BCUT2D eigenvalue weighted by Gasteiger charge is 2.10. The smallest absolute Gasteiger partial charge is 0.188 e. The molecule has 2 aromatic carbocycles. The molecule has 0 aliphatic carbocycles. The summed E-state index contributed by atoms with van der Waals surface area (Å²) in [5, 5.41) is 0.622. The summed E-state index contributed by atoms with van der Waals surface area (Å²) in [6, 6.07) is 15.2. The molecule has 0 saturated heterocycles. The molecule has 3 aromatic rings. The lowest BCUT2D eigenvalue weighted by Crippen LogP contribution is -1.99. The van der Waals surface area contributed by atoms with Gasteiger partial charge in [-0.2, -0.15) is 0 Å². The Bertz CT molecular complexity index is 889. The van der Waals surface area contributed by atoms with E-state index in [-0.39, 0.29) is 11.3 Å². The summed E-state index contributed by atoms with van der Waals surface area (Å²) in [6.45, 7) is 0. The molecular formula is C20H13ClFNO. The van der Waals surface area contributed by atoms with Gasteiger partial charge in [-0.3, -0.25) is 9.78 Å². The van der Waals surface area contributed by atoms with Crippen molar-refractivity contribution < 1.29 is 9.18 Å². The van der Waals surface area contributed by atoms with Crippen molar-refractivity contribution in [1.82, 2.24) is 4.98 Å². The molecule has 0 amide bonds. The normalized spacial score (nSPS) is 10.9. The van der Waals surface area contributed by atoms with Crippen molar-refractivity contribution in [3.05, 3.63) is 95.0 Å². The molecule has 0 aliphatic heterocycles.